The Labute approximate surface area is 114 Å². The summed E-state index contributed by atoms with van der Waals surface area (Å²) in [5, 5.41) is 19.6. The molecule has 1 aromatic carbocycles. The number of carbonyl (C=O) groups is 1. The number of aromatic carboxylic acids is 1. The van der Waals surface area contributed by atoms with Crippen molar-refractivity contribution in [3.8, 4) is 11.8 Å². The maximum absolute atomic E-state index is 11.0. The molecule has 0 aliphatic rings. The van der Waals surface area contributed by atoms with Gasteiger partial charge in [-0.05, 0) is 36.1 Å². The van der Waals surface area contributed by atoms with Crippen molar-refractivity contribution in [2.45, 2.75) is 13.5 Å². The molecule has 0 saturated carbocycles. The summed E-state index contributed by atoms with van der Waals surface area (Å²) in [6, 6.07) is 8.96. The zero-order chi connectivity index (χ0) is 13.8. The maximum atomic E-state index is 11.0. The molecule has 1 heterocycles. The van der Waals surface area contributed by atoms with Gasteiger partial charge in [0.15, 0.2) is 0 Å². The highest BCUT2D eigenvalue weighted by atomic mass is 32.1. The molecule has 0 aliphatic heterocycles. The van der Waals surface area contributed by atoms with Crippen LogP contribution in [0, 0.1) is 18.3 Å². The number of hydrogen-bond acceptors (Lipinski definition) is 4. The van der Waals surface area contributed by atoms with Gasteiger partial charge in [-0.1, -0.05) is 6.07 Å². The fourth-order valence-electron chi connectivity index (χ4n) is 1.62. The summed E-state index contributed by atoms with van der Waals surface area (Å²) in [5.41, 5.74) is 2.06. The number of ether oxygens (including phenoxy) is 1. The van der Waals surface area contributed by atoms with Crippen molar-refractivity contribution in [1.82, 2.24) is 0 Å². The minimum absolute atomic E-state index is 0.181. The van der Waals surface area contributed by atoms with Crippen molar-refractivity contribution < 1.29 is 14.6 Å². The van der Waals surface area contributed by atoms with E-state index in [1.807, 2.05) is 13.0 Å². The fraction of sp³-hybridized carbons (Fsp3) is 0.143. The SMILES string of the molecule is Cc1ccc(C#N)cc1OCc1ccsc1C(=O)O. The quantitative estimate of drug-likeness (QED) is 0.928. The zero-order valence-electron chi connectivity index (χ0n) is 10.2. The lowest BCUT2D eigenvalue weighted by Gasteiger charge is -2.09. The molecule has 0 amide bonds. The first-order valence-corrected chi connectivity index (χ1v) is 6.43. The molecule has 1 N–H and O–H groups in total. The molecule has 2 aromatic rings. The van der Waals surface area contributed by atoms with Crippen molar-refractivity contribution >= 4 is 17.3 Å². The van der Waals surface area contributed by atoms with Gasteiger partial charge >= 0.3 is 5.97 Å². The van der Waals surface area contributed by atoms with Gasteiger partial charge < -0.3 is 9.84 Å². The molecular weight excluding hydrogens is 262 g/mol. The van der Waals surface area contributed by atoms with Crippen molar-refractivity contribution in [1.29, 1.82) is 5.26 Å². The van der Waals surface area contributed by atoms with E-state index in [2.05, 4.69) is 0 Å². The molecule has 19 heavy (non-hydrogen) atoms. The Bertz CT molecular complexity index is 655. The Morgan fingerprint density at radius 1 is 1.47 bits per heavy atom. The summed E-state index contributed by atoms with van der Waals surface area (Å²) in [4.78, 5) is 11.3. The molecule has 0 fully saturated rings. The van der Waals surface area contributed by atoms with Crippen molar-refractivity contribution in [2.75, 3.05) is 0 Å². The summed E-state index contributed by atoms with van der Waals surface area (Å²) in [7, 11) is 0. The molecule has 96 valence electrons. The summed E-state index contributed by atoms with van der Waals surface area (Å²) in [5.74, 6) is -0.349. The summed E-state index contributed by atoms with van der Waals surface area (Å²) < 4.78 is 5.61. The molecule has 0 radical (unpaired) electrons. The van der Waals surface area contributed by atoms with E-state index in [1.54, 1.807) is 29.6 Å². The molecule has 0 unspecified atom stereocenters. The van der Waals surface area contributed by atoms with Gasteiger partial charge in [-0.25, -0.2) is 4.79 Å². The van der Waals surface area contributed by atoms with Crippen LogP contribution in [0.2, 0.25) is 0 Å². The first kappa shape index (κ1) is 13.1. The summed E-state index contributed by atoms with van der Waals surface area (Å²) >= 11 is 1.17. The molecule has 2 rings (SSSR count). The Hall–Kier alpha value is -2.32. The van der Waals surface area contributed by atoms with Crippen molar-refractivity contribution in [3.05, 3.63) is 51.2 Å². The van der Waals surface area contributed by atoms with E-state index in [9.17, 15) is 4.79 Å². The van der Waals surface area contributed by atoms with E-state index < -0.39 is 5.97 Å². The highest BCUT2D eigenvalue weighted by Crippen LogP contribution is 2.23. The minimum Gasteiger partial charge on any atom is -0.489 e. The first-order chi connectivity index (χ1) is 9.11. The fourth-order valence-corrected chi connectivity index (χ4v) is 2.37. The number of carboxylic acids is 1. The molecule has 0 bridgehead atoms. The lowest BCUT2D eigenvalue weighted by atomic mass is 10.1. The molecule has 4 nitrogen and oxygen atoms in total. The predicted molar refractivity (Wildman–Crippen MR) is 71.5 cm³/mol. The van der Waals surface area contributed by atoms with Gasteiger partial charge in [0.1, 0.15) is 17.2 Å². The van der Waals surface area contributed by atoms with E-state index in [4.69, 9.17) is 15.1 Å². The van der Waals surface area contributed by atoms with Gasteiger partial charge in [-0.15, -0.1) is 11.3 Å². The highest BCUT2D eigenvalue weighted by Gasteiger charge is 2.12. The van der Waals surface area contributed by atoms with Crippen LogP contribution in [-0.2, 0) is 6.61 Å². The Kier molecular flexibility index (Phi) is 3.83. The first-order valence-electron chi connectivity index (χ1n) is 5.55. The number of carboxylic acid groups (broad SMARTS) is 1. The van der Waals surface area contributed by atoms with E-state index in [-0.39, 0.29) is 11.5 Å². The third kappa shape index (κ3) is 2.92. The Morgan fingerprint density at radius 3 is 2.95 bits per heavy atom. The van der Waals surface area contributed by atoms with Crippen LogP contribution in [0.1, 0.15) is 26.4 Å². The highest BCUT2D eigenvalue weighted by molar-refractivity contribution is 7.12. The van der Waals surface area contributed by atoms with Crippen LogP contribution in [0.3, 0.4) is 0 Å². The third-order valence-corrected chi connectivity index (χ3v) is 3.59. The average Bonchev–Trinajstić information content (AvgIpc) is 2.86. The third-order valence-electron chi connectivity index (χ3n) is 2.64. The number of nitrogens with zero attached hydrogens (tertiary/aromatic N) is 1. The number of nitriles is 1. The molecule has 0 aliphatic carbocycles. The largest absolute Gasteiger partial charge is 0.489 e. The summed E-state index contributed by atoms with van der Waals surface area (Å²) in [6.45, 7) is 2.06. The zero-order valence-corrected chi connectivity index (χ0v) is 11.0. The van der Waals surface area contributed by atoms with E-state index in [0.29, 0.717) is 16.9 Å². The van der Waals surface area contributed by atoms with Crippen molar-refractivity contribution in [3.63, 3.8) is 0 Å². The maximum Gasteiger partial charge on any atom is 0.346 e. The van der Waals surface area contributed by atoms with Crippen molar-refractivity contribution in [2.24, 2.45) is 0 Å². The second kappa shape index (κ2) is 5.55. The van der Waals surface area contributed by atoms with Gasteiger partial charge in [0.25, 0.3) is 0 Å². The van der Waals surface area contributed by atoms with Crippen LogP contribution in [0.5, 0.6) is 5.75 Å². The Balaban J connectivity index is 2.17. The standard InChI is InChI=1S/C14H11NO3S/c1-9-2-3-10(7-15)6-12(9)18-8-11-4-5-19-13(11)14(16)17/h2-6H,8H2,1H3,(H,16,17). The average molecular weight is 273 g/mol. The van der Waals surface area contributed by atoms with Crippen LogP contribution in [0.15, 0.2) is 29.6 Å². The molecular formula is C14H11NO3S. The van der Waals surface area contributed by atoms with Crippen LogP contribution in [0.25, 0.3) is 0 Å². The smallest absolute Gasteiger partial charge is 0.346 e. The number of hydrogen-bond donors (Lipinski definition) is 1. The molecule has 0 atom stereocenters. The molecule has 0 saturated heterocycles. The van der Waals surface area contributed by atoms with Crippen LogP contribution < -0.4 is 4.74 Å². The predicted octanol–water partition coefficient (Wildman–Crippen LogP) is 3.21. The van der Waals surface area contributed by atoms with Gasteiger partial charge in [0.05, 0.1) is 11.6 Å². The van der Waals surface area contributed by atoms with Gasteiger partial charge in [0.2, 0.25) is 0 Å². The number of benzene rings is 1. The second-order valence-corrected chi connectivity index (χ2v) is 4.88. The lowest BCUT2D eigenvalue weighted by Crippen LogP contribution is -2.02. The van der Waals surface area contributed by atoms with E-state index in [0.717, 1.165) is 5.56 Å². The monoisotopic (exact) mass is 273 g/mol. The number of aryl methyl sites for hydroxylation is 1. The normalized spacial score (nSPS) is 9.89. The van der Waals surface area contributed by atoms with E-state index >= 15 is 0 Å². The summed E-state index contributed by atoms with van der Waals surface area (Å²) in [6.07, 6.45) is 0. The van der Waals surface area contributed by atoms with Gasteiger partial charge in [-0.3, -0.25) is 0 Å². The molecule has 0 spiro atoms. The minimum atomic E-state index is -0.948. The number of thiophene rings is 1. The van der Waals surface area contributed by atoms with Gasteiger partial charge in [0, 0.05) is 5.56 Å². The van der Waals surface area contributed by atoms with Crippen LogP contribution in [0.4, 0.5) is 0 Å². The van der Waals surface area contributed by atoms with Crippen LogP contribution in [-0.4, -0.2) is 11.1 Å². The van der Waals surface area contributed by atoms with Crippen LogP contribution >= 0.6 is 11.3 Å². The molecule has 1 aromatic heterocycles. The topological polar surface area (TPSA) is 70.3 Å². The Morgan fingerprint density at radius 2 is 2.26 bits per heavy atom. The van der Waals surface area contributed by atoms with Gasteiger partial charge in [-0.2, -0.15) is 5.26 Å². The van der Waals surface area contributed by atoms with E-state index in [1.165, 1.54) is 11.3 Å². The number of rotatable bonds is 4. The second-order valence-electron chi connectivity index (χ2n) is 3.96. The molecule has 5 heteroatoms. The lowest BCUT2D eigenvalue weighted by molar-refractivity contribution is 0.0699.